The van der Waals surface area contributed by atoms with Crippen molar-refractivity contribution < 1.29 is 4.79 Å². The molecule has 0 spiro atoms. The zero-order chi connectivity index (χ0) is 14.5. The van der Waals surface area contributed by atoms with Crippen molar-refractivity contribution in [3.8, 4) is 0 Å². The van der Waals surface area contributed by atoms with Gasteiger partial charge >= 0.3 is 0 Å². The van der Waals surface area contributed by atoms with Crippen LogP contribution in [0.2, 0.25) is 8.67 Å². The molecule has 0 aliphatic rings. The van der Waals surface area contributed by atoms with Crippen LogP contribution in [0.25, 0.3) is 0 Å². The smallest absolute Gasteiger partial charge is 0.258 e. The van der Waals surface area contributed by atoms with Crippen LogP contribution in [-0.4, -0.2) is 11.8 Å². The van der Waals surface area contributed by atoms with Crippen molar-refractivity contribution in [2.75, 3.05) is 11.2 Å². The second-order valence-corrected chi connectivity index (χ2v) is 6.85. The van der Waals surface area contributed by atoms with Crippen LogP contribution >= 0.6 is 46.1 Å². The van der Waals surface area contributed by atoms with Crippen molar-refractivity contribution in [2.24, 2.45) is 0 Å². The highest BCUT2D eigenvalue weighted by Crippen LogP contribution is 2.31. The molecule has 0 unspecified atom stereocenters. The van der Waals surface area contributed by atoms with Gasteiger partial charge in [-0.05, 0) is 36.6 Å². The monoisotopic (exact) mass is 347 g/mol. The summed E-state index contributed by atoms with van der Waals surface area (Å²) in [6.07, 6.45) is 1.79. The van der Waals surface area contributed by atoms with Crippen molar-refractivity contribution in [2.45, 2.75) is 12.8 Å². The Morgan fingerprint density at radius 1 is 1.25 bits per heavy atom. The van der Waals surface area contributed by atoms with E-state index in [0.29, 0.717) is 20.1 Å². The fraction of sp³-hybridized carbons (Fsp3) is 0.214. The van der Waals surface area contributed by atoms with Crippen LogP contribution in [0, 0.1) is 0 Å². The van der Waals surface area contributed by atoms with Crippen LogP contribution in [0.1, 0.15) is 22.3 Å². The average Bonchev–Trinajstić information content (AvgIpc) is 2.76. The van der Waals surface area contributed by atoms with Gasteiger partial charge in [-0.15, -0.1) is 22.9 Å². The number of halogens is 3. The summed E-state index contributed by atoms with van der Waals surface area (Å²) >= 11 is 18.7. The van der Waals surface area contributed by atoms with Gasteiger partial charge in [0.05, 0.1) is 9.90 Å². The maximum Gasteiger partial charge on any atom is 0.258 e. The maximum atomic E-state index is 12.1. The van der Waals surface area contributed by atoms with Gasteiger partial charge < -0.3 is 5.32 Å². The van der Waals surface area contributed by atoms with E-state index >= 15 is 0 Å². The lowest BCUT2D eigenvalue weighted by atomic mass is 10.1. The lowest BCUT2D eigenvalue weighted by Gasteiger charge is -2.06. The topological polar surface area (TPSA) is 29.1 Å². The summed E-state index contributed by atoms with van der Waals surface area (Å²) in [4.78, 5) is 12.1. The minimum Gasteiger partial charge on any atom is -0.322 e. The molecular weight excluding hydrogens is 337 g/mol. The van der Waals surface area contributed by atoms with E-state index in [9.17, 15) is 4.79 Å². The first-order valence-electron chi connectivity index (χ1n) is 6.01. The number of hydrogen-bond acceptors (Lipinski definition) is 2. The summed E-state index contributed by atoms with van der Waals surface area (Å²) in [7, 11) is 0. The van der Waals surface area contributed by atoms with E-state index in [0.717, 1.165) is 24.1 Å². The van der Waals surface area contributed by atoms with Gasteiger partial charge in [0.25, 0.3) is 5.91 Å². The lowest BCUT2D eigenvalue weighted by Crippen LogP contribution is -2.11. The number of thiophene rings is 1. The number of amides is 1. The highest BCUT2D eigenvalue weighted by Gasteiger charge is 2.14. The number of rotatable bonds is 5. The zero-order valence-electron chi connectivity index (χ0n) is 10.5. The molecule has 0 saturated heterocycles. The molecule has 106 valence electrons. The molecule has 0 bridgehead atoms. The van der Waals surface area contributed by atoms with Crippen LogP contribution in [0.15, 0.2) is 30.3 Å². The van der Waals surface area contributed by atoms with Gasteiger partial charge in [-0.25, -0.2) is 0 Å². The SMILES string of the molecule is O=C(Nc1cccc(CCCCl)c1)c1cc(Cl)sc1Cl. The number of aryl methyl sites for hydroxylation is 1. The Hall–Kier alpha value is -0.740. The van der Waals surface area contributed by atoms with Crippen LogP contribution in [0.5, 0.6) is 0 Å². The minimum absolute atomic E-state index is 0.257. The first kappa shape index (κ1) is 15.6. The fourth-order valence-electron chi connectivity index (χ4n) is 1.77. The van der Waals surface area contributed by atoms with Crippen LogP contribution in [0.4, 0.5) is 5.69 Å². The molecule has 1 aromatic heterocycles. The molecule has 2 aromatic rings. The summed E-state index contributed by atoms with van der Waals surface area (Å²) in [6, 6.07) is 9.26. The van der Waals surface area contributed by atoms with Gasteiger partial charge in [0.2, 0.25) is 0 Å². The quantitative estimate of drug-likeness (QED) is 0.712. The Balaban J connectivity index is 2.09. The third kappa shape index (κ3) is 4.13. The predicted molar refractivity (Wildman–Crippen MR) is 87.8 cm³/mol. The zero-order valence-corrected chi connectivity index (χ0v) is 13.5. The molecule has 2 rings (SSSR count). The molecule has 0 aliphatic heterocycles. The molecule has 0 radical (unpaired) electrons. The third-order valence-corrected chi connectivity index (χ3v) is 4.44. The number of nitrogens with one attached hydrogen (secondary N) is 1. The largest absolute Gasteiger partial charge is 0.322 e. The Morgan fingerprint density at radius 2 is 2.05 bits per heavy atom. The standard InChI is InChI=1S/C14H12Cl3NOS/c15-6-2-4-9-3-1-5-10(7-9)18-14(19)11-8-12(16)20-13(11)17/h1,3,5,7-8H,2,4,6H2,(H,18,19). The third-order valence-electron chi connectivity index (χ3n) is 2.69. The van der Waals surface area contributed by atoms with Gasteiger partial charge in [0.15, 0.2) is 0 Å². The Morgan fingerprint density at radius 3 is 2.70 bits per heavy atom. The second kappa shape index (κ2) is 7.32. The van der Waals surface area contributed by atoms with E-state index in [2.05, 4.69) is 5.32 Å². The second-order valence-electron chi connectivity index (χ2n) is 4.18. The van der Waals surface area contributed by atoms with Crippen molar-refractivity contribution in [1.29, 1.82) is 0 Å². The molecule has 1 heterocycles. The molecule has 1 amide bonds. The number of hydrogen-bond donors (Lipinski definition) is 1. The van der Waals surface area contributed by atoms with E-state index in [1.54, 1.807) is 6.07 Å². The number of alkyl halides is 1. The molecule has 0 saturated carbocycles. The first-order chi connectivity index (χ1) is 9.60. The van der Waals surface area contributed by atoms with Crippen LogP contribution in [-0.2, 0) is 6.42 Å². The lowest BCUT2D eigenvalue weighted by molar-refractivity contribution is 0.102. The molecule has 1 aromatic carbocycles. The Labute approximate surface area is 136 Å². The van der Waals surface area contributed by atoms with Crippen LogP contribution in [0.3, 0.4) is 0 Å². The predicted octanol–water partition coefficient (Wildman–Crippen LogP) is 5.48. The highest BCUT2D eigenvalue weighted by molar-refractivity contribution is 7.20. The van der Waals surface area contributed by atoms with E-state index in [1.807, 2.05) is 24.3 Å². The Bertz CT molecular complexity index is 612. The number of anilines is 1. The number of benzene rings is 1. The van der Waals surface area contributed by atoms with E-state index in [-0.39, 0.29) is 5.91 Å². The van der Waals surface area contributed by atoms with E-state index in [4.69, 9.17) is 34.8 Å². The highest BCUT2D eigenvalue weighted by atomic mass is 35.5. The van der Waals surface area contributed by atoms with Crippen molar-refractivity contribution in [1.82, 2.24) is 0 Å². The number of carbonyl (C=O) groups is 1. The van der Waals surface area contributed by atoms with Gasteiger partial charge in [-0.1, -0.05) is 35.3 Å². The van der Waals surface area contributed by atoms with Crippen molar-refractivity contribution >= 4 is 57.7 Å². The fourth-order valence-corrected chi connectivity index (χ4v) is 3.36. The summed E-state index contributed by atoms with van der Waals surface area (Å²) in [6.45, 7) is 0. The van der Waals surface area contributed by atoms with Gasteiger partial charge in [0.1, 0.15) is 4.34 Å². The summed E-state index contributed by atoms with van der Waals surface area (Å²) in [5.74, 6) is 0.368. The summed E-state index contributed by atoms with van der Waals surface area (Å²) < 4.78 is 0.891. The van der Waals surface area contributed by atoms with E-state index < -0.39 is 0 Å². The van der Waals surface area contributed by atoms with Gasteiger partial charge in [-0.2, -0.15) is 0 Å². The summed E-state index contributed by atoms with van der Waals surface area (Å²) in [5, 5.41) is 2.82. The number of carbonyl (C=O) groups excluding carboxylic acids is 1. The molecule has 20 heavy (non-hydrogen) atoms. The van der Waals surface area contributed by atoms with Crippen molar-refractivity contribution in [3.63, 3.8) is 0 Å². The van der Waals surface area contributed by atoms with Crippen molar-refractivity contribution in [3.05, 3.63) is 50.1 Å². The molecule has 0 fully saturated rings. The summed E-state index contributed by atoms with van der Waals surface area (Å²) in [5.41, 5.74) is 2.27. The molecule has 6 heteroatoms. The molecular formula is C14H12Cl3NOS. The molecule has 2 nitrogen and oxygen atoms in total. The first-order valence-corrected chi connectivity index (χ1v) is 8.12. The molecule has 1 N–H and O–H groups in total. The molecule has 0 atom stereocenters. The maximum absolute atomic E-state index is 12.1. The van der Waals surface area contributed by atoms with Crippen LogP contribution < -0.4 is 5.32 Å². The average molecular weight is 349 g/mol. The van der Waals surface area contributed by atoms with Gasteiger partial charge in [-0.3, -0.25) is 4.79 Å². The Kier molecular flexibility index (Phi) is 5.73. The normalized spacial score (nSPS) is 10.6. The minimum atomic E-state index is -0.257. The van der Waals surface area contributed by atoms with Gasteiger partial charge in [0, 0.05) is 11.6 Å². The molecule has 0 aliphatic carbocycles. The van der Waals surface area contributed by atoms with E-state index in [1.165, 1.54) is 11.3 Å².